The highest BCUT2D eigenvalue weighted by Gasteiger charge is 2.29. The predicted octanol–water partition coefficient (Wildman–Crippen LogP) is -0.111. The van der Waals surface area contributed by atoms with Crippen LogP contribution < -0.4 is 16.0 Å². The summed E-state index contributed by atoms with van der Waals surface area (Å²) in [4.78, 5) is 13.7. The molecule has 1 saturated heterocycles. The second-order valence-corrected chi connectivity index (χ2v) is 4.32. The topological polar surface area (TPSA) is 76.2 Å². The first-order valence-electron chi connectivity index (χ1n) is 5.92. The Morgan fingerprint density at radius 2 is 2.29 bits per heavy atom. The van der Waals surface area contributed by atoms with Gasteiger partial charge >= 0.3 is 0 Å². The molecule has 3 N–H and O–H groups in total. The molecule has 0 saturated carbocycles. The Balaban J connectivity index is 2.39. The zero-order valence-corrected chi connectivity index (χ0v) is 10.5. The summed E-state index contributed by atoms with van der Waals surface area (Å²) in [7, 11) is 1.87. The van der Waals surface area contributed by atoms with Crippen LogP contribution in [-0.4, -0.2) is 34.8 Å². The lowest BCUT2D eigenvalue weighted by Gasteiger charge is -2.34. The number of hydrogen-bond donors (Lipinski definition) is 2. The maximum Gasteiger partial charge on any atom is 0.242 e. The van der Waals surface area contributed by atoms with E-state index in [-0.39, 0.29) is 11.9 Å². The summed E-state index contributed by atoms with van der Waals surface area (Å²) in [5, 5.41) is 7.22. The Morgan fingerprint density at radius 1 is 1.59 bits per heavy atom. The van der Waals surface area contributed by atoms with Crippen molar-refractivity contribution in [3.8, 4) is 0 Å². The fourth-order valence-electron chi connectivity index (χ4n) is 2.26. The first-order valence-corrected chi connectivity index (χ1v) is 5.92. The molecule has 0 spiro atoms. The zero-order valence-electron chi connectivity index (χ0n) is 10.5. The second-order valence-electron chi connectivity index (χ2n) is 4.32. The summed E-state index contributed by atoms with van der Waals surface area (Å²) in [5.74, 6) is 0.888. The molecule has 1 atom stereocenters. The fourth-order valence-corrected chi connectivity index (χ4v) is 2.26. The van der Waals surface area contributed by atoms with Crippen LogP contribution in [0.5, 0.6) is 0 Å². The Kier molecular flexibility index (Phi) is 2.95. The number of nitrogens with one attached hydrogen (secondary N) is 1. The van der Waals surface area contributed by atoms with Gasteiger partial charge < -0.3 is 16.0 Å². The number of aromatic nitrogens is 2. The molecule has 2 heterocycles. The number of carbonyl (C=O) groups excluding carboxylic acids is 1. The molecule has 6 heteroatoms. The fraction of sp³-hybridized carbons (Fsp3) is 0.636. The van der Waals surface area contributed by atoms with Gasteiger partial charge in [-0.2, -0.15) is 5.10 Å². The second kappa shape index (κ2) is 4.27. The number of nitrogens with zero attached hydrogens (tertiary/aromatic N) is 3. The smallest absolute Gasteiger partial charge is 0.242 e. The lowest BCUT2D eigenvalue weighted by molar-refractivity contribution is -0.122. The Morgan fingerprint density at radius 3 is 2.88 bits per heavy atom. The minimum atomic E-state index is -0.203. The van der Waals surface area contributed by atoms with Crippen molar-refractivity contribution in [2.75, 3.05) is 23.7 Å². The molecule has 1 aliphatic rings. The molecule has 0 bridgehead atoms. The lowest BCUT2D eigenvalue weighted by Crippen LogP contribution is -2.54. The van der Waals surface area contributed by atoms with E-state index in [9.17, 15) is 4.79 Å². The van der Waals surface area contributed by atoms with Crippen molar-refractivity contribution in [2.45, 2.75) is 26.3 Å². The standard InChI is InChI=1S/C11H19N5O/c1-4-8-9(12)11(15(3)14-8)16-6-5-13-10(17)7(16)2/h7H,4-6,12H2,1-3H3,(H,13,17). The monoisotopic (exact) mass is 237 g/mol. The number of carbonyl (C=O) groups is 1. The first-order chi connectivity index (χ1) is 8.06. The van der Waals surface area contributed by atoms with Gasteiger partial charge in [0.2, 0.25) is 5.91 Å². The van der Waals surface area contributed by atoms with Crippen LogP contribution in [0, 0.1) is 0 Å². The highest BCUT2D eigenvalue weighted by atomic mass is 16.2. The quantitative estimate of drug-likeness (QED) is 0.752. The van der Waals surface area contributed by atoms with Crippen molar-refractivity contribution < 1.29 is 4.79 Å². The Bertz CT molecular complexity index is 439. The van der Waals surface area contributed by atoms with Crippen LogP contribution in [-0.2, 0) is 18.3 Å². The van der Waals surface area contributed by atoms with Gasteiger partial charge in [-0.3, -0.25) is 9.48 Å². The molecule has 17 heavy (non-hydrogen) atoms. The molecule has 1 unspecified atom stereocenters. The Hall–Kier alpha value is -1.72. The van der Waals surface area contributed by atoms with Crippen LogP contribution in [0.15, 0.2) is 0 Å². The number of amides is 1. The van der Waals surface area contributed by atoms with Crippen LogP contribution in [0.3, 0.4) is 0 Å². The largest absolute Gasteiger partial charge is 0.394 e. The number of anilines is 2. The van der Waals surface area contributed by atoms with E-state index in [0.717, 1.165) is 24.5 Å². The highest BCUT2D eigenvalue weighted by Crippen LogP contribution is 2.28. The molecule has 0 aromatic carbocycles. The number of hydrogen-bond acceptors (Lipinski definition) is 4. The number of rotatable bonds is 2. The third-order valence-electron chi connectivity index (χ3n) is 3.23. The minimum Gasteiger partial charge on any atom is -0.394 e. The number of piperazine rings is 1. The van der Waals surface area contributed by atoms with Crippen molar-refractivity contribution >= 4 is 17.4 Å². The molecule has 1 aromatic heterocycles. The summed E-state index contributed by atoms with van der Waals surface area (Å²) in [6, 6.07) is -0.203. The van der Waals surface area contributed by atoms with Gasteiger partial charge in [0.25, 0.3) is 0 Å². The van der Waals surface area contributed by atoms with Crippen molar-refractivity contribution in [2.24, 2.45) is 7.05 Å². The number of nitrogen functional groups attached to an aromatic ring is 1. The maximum atomic E-state index is 11.7. The molecule has 94 valence electrons. The van der Waals surface area contributed by atoms with Gasteiger partial charge in [0.1, 0.15) is 6.04 Å². The normalized spacial score (nSPS) is 20.5. The van der Waals surface area contributed by atoms with Gasteiger partial charge in [-0.15, -0.1) is 0 Å². The SMILES string of the molecule is CCc1nn(C)c(N2CCNC(=O)C2C)c1N. The molecule has 0 radical (unpaired) electrons. The molecule has 1 aromatic rings. The predicted molar refractivity (Wildman–Crippen MR) is 66.8 cm³/mol. The van der Waals surface area contributed by atoms with Gasteiger partial charge in [0.05, 0.1) is 11.4 Å². The van der Waals surface area contributed by atoms with Gasteiger partial charge in [0, 0.05) is 20.1 Å². The van der Waals surface area contributed by atoms with Crippen LogP contribution >= 0.6 is 0 Å². The number of nitrogens with two attached hydrogens (primary N) is 1. The van der Waals surface area contributed by atoms with Crippen LogP contribution in [0.2, 0.25) is 0 Å². The third kappa shape index (κ3) is 1.83. The average Bonchev–Trinajstić information content (AvgIpc) is 2.58. The van der Waals surface area contributed by atoms with E-state index in [1.165, 1.54) is 0 Å². The average molecular weight is 237 g/mol. The van der Waals surface area contributed by atoms with E-state index in [1.54, 1.807) is 4.68 Å². The summed E-state index contributed by atoms with van der Waals surface area (Å²) in [6.45, 7) is 5.32. The van der Waals surface area contributed by atoms with Crippen molar-refractivity contribution in [3.63, 3.8) is 0 Å². The van der Waals surface area contributed by atoms with Gasteiger partial charge in [-0.25, -0.2) is 0 Å². The molecular weight excluding hydrogens is 218 g/mol. The van der Waals surface area contributed by atoms with E-state index >= 15 is 0 Å². The van der Waals surface area contributed by atoms with Crippen molar-refractivity contribution in [1.82, 2.24) is 15.1 Å². The molecular formula is C11H19N5O. The van der Waals surface area contributed by atoms with Gasteiger partial charge in [0.15, 0.2) is 5.82 Å². The van der Waals surface area contributed by atoms with E-state index in [1.807, 2.05) is 25.8 Å². The lowest BCUT2D eigenvalue weighted by atomic mass is 10.2. The molecule has 1 fully saturated rings. The zero-order chi connectivity index (χ0) is 12.6. The van der Waals surface area contributed by atoms with Crippen LogP contribution in [0.1, 0.15) is 19.5 Å². The third-order valence-corrected chi connectivity index (χ3v) is 3.23. The van der Waals surface area contributed by atoms with E-state index in [0.29, 0.717) is 12.2 Å². The summed E-state index contributed by atoms with van der Waals surface area (Å²) in [5.41, 5.74) is 7.68. The van der Waals surface area contributed by atoms with Crippen LogP contribution in [0.25, 0.3) is 0 Å². The van der Waals surface area contributed by atoms with Crippen molar-refractivity contribution in [1.29, 1.82) is 0 Å². The van der Waals surface area contributed by atoms with Crippen LogP contribution in [0.4, 0.5) is 11.5 Å². The van der Waals surface area contributed by atoms with Crippen molar-refractivity contribution in [3.05, 3.63) is 5.69 Å². The number of aryl methyl sites for hydroxylation is 2. The van der Waals surface area contributed by atoms with E-state index < -0.39 is 0 Å². The summed E-state index contributed by atoms with van der Waals surface area (Å²) in [6.07, 6.45) is 0.800. The Labute approximate surface area is 101 Å². The van der Waals surface area contributed by atoms with E-state index in [2.05, 4.69) is 10.4 Å². The van der Waals surface area contributed by atoms with Gasteiger partial charge in [-0.1, -0.05) is 6.92 Å². The molecule has 1 amide bonds. The molecule has 0 aliphatic carbocycles. The summed E-state index contributed by atoms with van der Waals surface area (Å²) >= 11 is 0. The molecule has 6 nitrogen and oxygen atoms in total. The summed E-state index contributed by atoms with van der Waals surface area (Å²) < 4.78 is 1.77. The molecule has 2 rings (SSSR count). The molecule has 1 aliphatic heterocycles. The highest BCUT2D eigenvalue weighted by molar-refractivity contribution is 5.87. The van der Waals surface area contributed by atoms with Gasteiger partial charge in [-0.05, 0) is 13.3 Å². The van der Waals surface area contributed by atoms with E-state index in [4.69, 9.17) is 5.73 Å². The minimum absolute atomic E-state index is 0.0369. The first kappa shape index (κ1) is 11.8. The maximum absolute atomic E-state index is 11.7.